The van der Waals surface area contributed by atoms with Gasteiger partial charge in [0, 0.05) is 43.4 Å². The number of aromatic nitrogens is 2. The van der Waals surface area contributed by atoms with E-state index in [2.05, 4.69) is 15.5 Å². The zero-order valence-corrected chi connectivity index (χ0v) is 13.5. The highest BCUT2D eigenvalue weighted by atomic mass is 35.5. The van der Waals surface area contributed by atoms with Gasteiger partial charge in [-0.15, -0.1) is 12.4 Å². The second-order valence-corrected chi connectivity index (χ2v) is 6.20. The molecule has 2 fully saturated rings. The standard InChI is InChI=1S/C15H24N4O2.ClH/c16-12-3-1-2-11(12)8-15(20)17-14-9-13(18-19-14)10-4-6-21-7-5-10;/h9-12H,1-8,16H2,(H2,17,18,19,20);1H/t11-,12+;/m0./s1. The molecule has 124 valence electrons. The third-order valence-corrected chi connectivity index (χ3v) is 4.69. The zero-order valence-electron chi connectivity index (χ0n) is 12.7. The molecule has 1 aromatic rings. The molecule has 22 heavy (non-hydrogen) atoms. The zero-order chi connectivity index (χ0) is 14.7. The van der Waals surface area contributed by atoms with Crippen molar-refractivity contribution in [3.05, 3.63) is 11.8 Å². The summed E-state index contributed by atoms with van der Waals surface area (Å²) < 4.78 is 5.36. The highest BCUT2D eigenvalue weighted by Crippen LogP contribution is 2.28. The third-order valence-electron chi connectivity index (χ3n) is 4.69. The van der Waals surface area contributed by atoms with Gasteiger partial charge in [-0.1, -0.05) is 6.42 Å². The Morgan fingerprint density at radius 3 is 2.82 bits per heavy atom. The maximum Gasteiger partial charge on any atom is 0.225 e. The number of amides is 1. The molecule has 2 atom stereocenters. The van der Waals surface area contributed by atoms with Crippen molar-refractivity contribution < 1.29 is 9.53 Å². The first kappa shape index (κ1) is 17.2. The van der Waals surface area contributed by atoms with Crippen molar-refractivity contribution in [1.82, 2.24) is 10.2 Å². The van der Waals surface area contributed by atoms with Gasteiger partial charge in [-0.05, 0) is 31.6 Å². The van der Waals surface area contributed by atoms with Crippen LogP contribution in [0.2, 0.25) is 0 Å². The van der Waals surface area contributed by atoms with Gasteiger partial charge in [0.1, 0.15) is 0 Å². The summed E-state index contributed by atoms with van der Waals surface area (Å²) in [5, 5.41) is 10.1. The molecular formula is C15H25ClN4O2. The number of aromatic amines is 1. The lowest BCUT2D eigenvalue weighted by molar-refractivity contribution is -0.117. The van der Waals surface area contributed by atoms with Gasteiger partial charge in [-0.3, -0.25) is 9.89 Å². The number of hydrogen-bond donors (Lipinski definition) is 3. The minimum Gasteiger partial charge on any atom is -0.381 e. The van der Waals surface area contributed by atoms with Gasteiger partial charge in [-0.2, -0.15) is 5.10 Å². The molecule has 2 heterocycles. The molecule has 0 spiro atoms. The van der Waals surface area contributed by atoms with Crippen molar-refractivity contribution in [2.75, 3.05) is 18.5 Å². The van der Waals surface area contributed by atoms with Crippen LogP contribution in [-0.4, -0.2) is 35.4 Å². The summed E-state index contributed by atoms with van der Waals surface area (Å²) >= 11 is 0. The quantitative estimate of drug-likeness (QED) is 0.789. The van der Waals surface area contributed by atoms with Gasteiger partial charge in [0.25, 0.3) is 0 Å². The maximum absolute atomic E-state index is 12.1. The Morgan fingerprint density at radius 1 is 1.36 bits per heavy atom. The summed E-state index contributed by atoms with van der Waals surface area (Å²) in [5.74, 6) is 1.41. The van der Waals surface area contributed by atoms with Crippen LogP contribution in [0.3, 0.4) is 0 Å². The summed E-state index contributed by atoms with van der Waals surface area (Å²) in [7, 11) is 0. The highest BCUT2D eigenvalue weighted by Gasteiger charge is 2.26. The second kappa shape index (κ2) is 7.94. The van der Waals surface area contributed by atoms with E-state index in [9.17, 15) is 4.79 Å². The number of carbonyl (C=O) groups excluding carboxylic acids is 1. The van der Waals surface area contributed by atoms with E-state index >= 15 is 0 Å². The lowest BCUT2D eigenvalue weighted by atomic mass is 9.97. The molecule has 0 unspecified atom stereocenters. The molecule has 1 aromatic heterocycles. The van der Waals surface area contributed by atoms with E-state index in [1.54, 1.807) is 0 Å². The van der Waals surface area contributed by atoms with Crippen LogP contribution in [0.1, 0.15) is 50.1 Å². The minimum atomic E-state index is 0. The monoisotopic (exact) mass is 328 g/mol. The van der Waals surface area contributed by atoms with E-state index in [4.69, 9.17) is 10.5 Å². The average Bonchev–Trinajstić information content (AvgIpc) is 3.10. The molecule has 1 saturated heterocycles. The van der Waals surface area contributed by atoms with E-state index in [0.717, 1.165) is 51.0 Å². The van der Waals surface area contributed by atoms with Crippen LogP contribution >= 0.6 is 12.4 Å². The Hall–Kier alpha value is -1.11. The predicted molar refractivity (Wildman–Crippen MR) is 87.2 cm³/mol. The fraction of sp³-hybridized carbons (Fsp3) is 0.733. The number of carbonyl (C=O) groups is 1. The average molecular weight is 329 g/mol. The van der Waals surface area contributed by atoms with Crippen molar-refractivity contribution in [2.45, 2.75) is 50.5 Å². The normalized spacial score (nSPS) is 25.7. The highest BCUT2D eigenvalue weighted by molar-refractivity contribution is 5.90. The summed E-state index contributed by atoms with van der Waals surface area (Å²) in [6.45, 7) is 1.59. The molecule has 0 radical (unpaired) electrons. The second-order valence-electron chi connectivity index (χ2n) is 6.20. The largest absolute Gasteiger partial charge is 0.381 e. The van der Waals surface area contributed by atoms with Crippen LogP contribution in [0.15, 0.2) is 6.07 Å². The van der Waals surface area contributed by atoms with Gasteiger partial charge >= 0.3 is 0 Å². The molecule has 2 aliphatic rings. The first-order chi connectivity index (χ1) is 10.2. The molecule has 6 nitrogen and oxygen atoms in total. The summed E-state index contributed by atoms with van der Waals surface area (Å²) in [6, 6.07) is 2.12. The molecule has 0 bridgehead atoms. The fourth-order valence-electron chi connectivity index (χ4n) is 3.37. The minimum absolute atomic E-state index is 0. The molecule has 1 aliphatic carbocycles. The smallest absolute Gasteiger partial charge is 0.225 e. The third kappa shape index (κ3) is 4.21. The van der Waals surface area contributed by atoms with Crippen LogP contribution in [0, 0.1) is 5.92 Å². The van der Waals surface area contributed by atoms with Gasteiger partial charge in [0.15, 0.2) is 5.82 Å². The Labute approximate surface area is 137 Å². The summed E-state index contributed by atoms with van der Waals surface area (Å²) in [5.41, 5.74) is 7.10. The summed E-state index contributed by atoms with van der Waals surface area (Å²) in [4.78, 5) is 12.1. The van der Waals surface area contributed by atoms with Gasteiger partial charge < -0.3 is 15.8 Å². The predicted octanol–water partition coefficient (Wildman–Crippen LogP) is 2.18. The van der Waals surface area contributed by atoms with Crippen LogP contribution in [0.5, 0.6) is 0 Å². The van der Waals surface area contributed by atoms with Crippen LogP contribution in [0.4, 0.5) is 5.82 Å². The molecule has 7 heteroatoms. The van der Waals surface area contributed by atoms with Crippen molar-refractivity contribution in [1.29, 1.82) is 0 Å². The maximum atomic E-state index is 12.1. The first-order valence-electron chi connectivity index (χ1n) is 7.91. The number of ether oxygens (including phenoxy) is 1. The van der Waals surface area contributed by atoms with Gasteiger partial charge in [0.2, 0.25) is 5.91 Å². The number of hydrogen-bond acceptors (Lipinski definition) is 4. The van der Waals surface area contributed by atoms with Crippen LogP contribution in [0.25, 0.3) is 0 Å². The fourth-order valence-corrected chi connectivity index (χ4v) is 3.37. The summed E-state index contributed by atoms with van der Waals surface area (Å²) in [6.07, 6.45) is 5.74. The van der Waals surface area contributed by atoms with E-state index in [-0.39, 0.29) is 24.4 Å². The molecule has 3 rings (SSSR count). The van der Waals surface area contributed by atoms with Crippen molar-refractivity contribution in [3.63, 3.8) is 0 Å². The topological polar surface area (TPSA) is 93.0 Å². The Kier molecular flexibility index (Phi) is 6.23. The number of nitrogens with zero attached hydrogens (tertiary/aromatic N) is 1. The number of H-pyrrole nitrogens is 1. The van der Waals surface area contributed by atoms with Crippen molar-refractivity contribution in [2.24, 2.45) is 11.7 Å². The SMILES string of the molecule is Cl.N[C@@H]1CCC[C@H]1CC(=O)Nc1cc(C2CCOCC2)[nH]n1. The lowest BCUT2D eigenvalue weighted by Gasteiger charge is -2.20. The van der Waals surface area contributed by atoms with Crippen LogP contribution in [-0.2, 0) is 9.53 Å². The lowest BCUT2D eigenvalue weighted by Crippen LogP contribution is -2.28. The molecule has 1 saturated carbocycles. The number of nitrogens with two attached hydrogens (primary N) is 1. The van der Waals surface area contributed by atoms with E-state index in [1.807, 2.05) is 6.07 Å². The molecule has 0 aromatic carbocycles. The number of halogens is 1. The van der Waals surface area contributed by atoms with Gasteiger partial charge in [-0.25, -0.2) is 0 Å². The van der Waals surface area contributed by atoms with Gasteiger partial charge in [0.05, 0.1) is 0 Å². The molecule has 1 amide bonds. The van der Waals surface area contributed by atoms with E-state index in [1.165, 1.54) is 0 Å². The Balaban J connectivity index is 0.00000176. The Bertz CT molecular complexity index is 488. The van der Waals surface area contributed by atoms with E-state index in [0.29, 0.717) is 24.1 Å². The van der Waals surface area contributed by atoms with E-state index < -0.39 is 0 Å². The van der Waals surface area contributed by atoms with Crippen molar-refractivity contribution in [3.8, 4) is 0 Å². The molecule has 1 aliphatic heterocycles. The van der Waals surface area contributed by atoms with Crippen LogP contribution < -0.4 is 11.1 Å². The van der Waals surface area contributed by atoms with Crippen molar-refractivity contribution >= 4 is 24.1 Å². The number of nitrogens with one attached hydrogen (secondary N) is 2. The number of anilines is 1. The molecular weight excluding hydrogens is 304 g/mol. The number of rotatable bonds is 4. The Morgan fingerprint density at radius 2 is 2.14 bits per heavy atom. The molecule has 4 N–H and O–H groups in total. The first-order valence-corrected chi connectivity index (χ1v) is 7.91.